The van der Waals surface area contributed by atoms with E-state index in [1.165, 1.54) is 11.1 Å². The minimum Gasteiger partial charge on any atom is -0.507 e. The largest absolute Gasteiger partial charge is 0.507 e. The maximum Gasteiger partial charge on any atom is 0.127 e. The van der Waals surface area contributed by atoms with Crippen LogP contribution in [-0.4, -0.2) is 29.8 Å². The summed E-state index contributed by atoms with van der Waals surface area (Å²) in [5.41, 5.74) is 7.15. The molecule has 0 heterocycles. The quantitative estimate of drug-likeness (QED) is 0.159. The second-order valence-electron chi connectivity index (χ2n) is 11.2. The summed E-state index contributed by atoms with van der Waals surface area (Å²) in [7, 11) is 1.63. The zero-order chi connectivity index (χ0) is 30.3. The maximum atomic E-state index is 11.1. The molecule has 42 heavy (non-hydrogen) atoms. The summed E-state index contributed by atoms with van der Waals surface area (Å²) in [6, 6.07) is 14.0. The van der Waals surface area contributed by atoms with Gasteiger partial charge in [-0.1, -0.05) is 65.5 Å². The number of aryl methyl sites for hydroxylation is 4. The van der Waals surface area contributed by atoms with Crippen molar-refractivity contribution >= 4 is 23.8 Å². The zero-order valence-electron chi connectivity index (χ0n) is 26.4. The van der Waals surface area contributed by atoms with E-state index < -0.39 is 0 Å². The van der Waals surface area contributed by atoms with Gasteiger partial charge in [-0.2, -0.15) is 0 Å². The molecule has 0 amide bonds. The first-order valence-electron chi connectivity index (χ1n) is 15.9. The molecule has 3 rings (SSSR count). The molecule has 0 aliphatic rings. The molecule has 2 N–H and O–H groups in total. The molecule has 3 aromatic carbocycles. The van der Waals surface area contributed by atoms with Crippen LogP contribution in [0.3, 0.4) is 0 Å². The van der Waals surface area contributed by atoms with Gasteiger partial charge in [0.2, 0.25) is 0 Å². The Labute approximate surface area is 253 Å². The summed E-state index contributed by atoms with van der Waals surface area (Å²) in [6.45, 7) is 8.72. The van der Waals surface area contributed by atoms with E-state index in [0.29, 0.717) is 34.2 Å². The molecule has 0 aliphatic carbocycles. The number of hydrogen-bond donors (Lipinski definition) is 2. The molecule has 0 atom stereocenters. The highest BCUT2D eigenvalue weighted by Crippen LogP contribution is 2.34. The molecule has 0 saturated carbocycles. The molecule has 5 heteroatoms. The molecule has 0 saturated heterocycles. The van der Waals surface area contributed by atoms with E-state index in [-0.39, 0.29) is 0 Å². The standard InChI is InChI=1S/C37H50N2O3/c1-6-10-14-27-20-29(16-12-8-3)36(40)31(22-27)25-38-34-19-18-33(42-5)24-35(34)39-26-32-23-28(15-11-7-2)21-30(37(32)41)17-13-9-4/h18-26,40-41H,6-17H2,1-5H3. The third-order valence-corrected chi connectivity index (χ3v) is 7.66. The van der Waals surface area contributed by atoms with Gasteiger partial charge in [-0.15, -0.1) is 0 Å². The molecule has 5 nitrogen and oxygen atoms in total. The van der Waals surface area contributed by atoms with Gasteiger partial charge in [-0.3, -0.25) is 9.98 Å². The fourth-order valence-corrected chi connectivity index (χ4v) is 5.06. The Bertz CT molecular complexity index is 1340. The highest BCUT2D eigenvalue weighted by atomic mass is 16.5. The SMILES string of the molecule is CCCCc1cc(C=Nc2ccc(OC)cc2N=Cc2cc(CCCC)cc(CCCC)c2O)c(O)c(CCCC)c1. The summed E-state index contributed by atoms with van der Waals surface area (Å²) in [4.78, 5) is 9.59. The van der Waals surface area contributed by atoms with Crippen LogP contribution in [0.5, 0.6) is 17.2 Å². The van der Waals surface area contributed by atoms with Crippen LogP contribution in [0, 0.1) is 0 Å². The predicted octanol–water partition coefficient (Wildman–Crippen LogP) is 9.98. The van der Waals surface area contributed by atoms with Crippen LogP contribution in [0.1, 0.15) is 112 Å². The molecule has 0 spiro atoms. The number of rotatable bonds is 17. The number of phenolic OH excluding ortho intramolecular Hbond substituents is 2. The topological polar surface area (TPSA) is 74.4 Å². The number of nitrogens with zero attached hydrogens (tertiary/aromatic N) is 2. The molecule has 226 valence electrons. The van der Waals surface area contributed by atoms with Crippen molar-refractivity contribution < 1.29 is 14.9 Å². The maximum absolute atomic E-state index is 11.1. The number of hydrogen-bond acceptors (Lipinski definition) is 5. The summed E-state index contributed by atoms with van der Waals surface area (Å²) >= 11 is 0. The number of ether oxygens (including phenoxy) is 1. The zero-order valence-corrected chi connectivity index (χ0v) is 26.4. The van der Waals surface area contributed by atoms with Crippen LogP contribution in [0.2, 0.25) is 0 Å². The normalized spacial score (nSPS) is 11.6. The average molecular weight is 571 g/mol. The van der Waals surface area contributed by atoms with Crippen molar-refractivity contribution in [3.63, 3.8) is 0 Å². The van der Waals surface area contributed by atoms with E-state index >= 15 is 0 Å². The van der Waals surface area contributed by atoms with Crippen molar-refractivity contribution in [2.24, 2.45) is 9.98 Å². The van der Waals surface area contributed by atoms with E-state index in [9.17, 15) is 10.2 Å². The molecule has 0 aromatic heterocycles. The molecule has 0 bridgehead atoms. The van der Waals surface area contributed by atoms with Crippen molar-refractivity contribution in [3.8, 4) is 17.2 Å². The van der Waals surface area contributed by atoms with Gasteiger partial charge in [0, 0.05) is 29.6 Å². The molecular weight excluding hydrogens is 520 g/mol. The Balaban J connectivity index is 2.01. The number of phenols is 2. The number of benzene rings is 3. The molecule has 0 unspecified atom stereocenters. The molecule has 0 aliphatic heterocycles. The van der Waals surface area contributed by atoms with Gasteiger partial charge in [0.1, 0.15) is 17.2 Å². The Morgan fingerprint density at radius 3 is 1.50 bits per heavy atom. The first-order chi connectivity index (χ1) is 20.4. The summed E-state index contributed by atoms with van der Waals surface area (Å²) in [5.74, 6) is 1.28. The van der Waals surface area contributed by atoms with Crippen LogP contribution in [-0.2, 0) is 25.7 Å². The second-order valence-corrected chi connectivity index (χ2v) is 11.2. The van der Waals surface area contributed by atoms with Crippen LogP contribution < -0.4 is 4.74 Å². The lowest BCUT2D eigenvalue weighted by Gasteiger charge is -2.12. The van der Waals surface area contributed by atoms with Gasteiger partial charge < -0.3 is 14.9 Å². The predicted molar refractivity (Wildman–Crippen MR) is 178 cm³/mol. The van der Waals surface area contributed by atoms with Gasteiger partial charge in [0.15, 0.2) is 0 Å². The first-order valence-corrected chi connectivity index (χ1v) is 15.9. The van der Waals surface area contributed by atoms with Crippen molar-refractivity contribution in [2.45, 2.75) is 105 Å². The number of unbranched alkanes of at least 4 members (excludes halogenated alkanes) is 4. The fourth-order valence-electron chi connectivity index (χ4n) is 5.06. The lowest BCUT2D eigenvalue weighted by molar-refractivity contribution is 0.415. The number of methoxy groups -OCH3 is 1. The minimum atomic E-state index is 0.300. The highest BCUT2D eigenvalue weighted by Gasteiger charge is 2.12. The lowest BCUT2D eigenvalue weighted by atomic mass is 9.97. The summed E-state index contributed by atoms with van der Waals surface area (Å²) in [5, 5.41) is 22.2. The van der Waals surface area contributed by atoms with Gasteiger partial charge in [0.25, 0.3) is 0 Å². The van der Waals surface area contributed by atoms with Crippen molar-refractivity contribution in [2.75, 3.05) is 7.11 Å². The van der Waals surface area contributed by atoms with Crippen LogP contribution in [0.25, 0.3) is 0 Å². The molecule has 0 fully saturated rings. The molecular formula is C37H50N2O3. The van der Waals surface area contributed by atoms with Crippen molar-refractivity contribution in [1.29, 1.82) is 0 Å². The summed E-state index contributed by atoms with van der Waals surface area (Å²) in [6.07, 6.45) is 15.8. The summed E-state index contributed by atoms with van der Waals surface area (Å²) < 4.78 is 5.49. The molecule has 0 radical (unpaired) electrons. The third kappa shape index (κ3) is 9.47. The van der Waals surface area contributed by atoms with E-state index in [2.05, 4.69) is 39.8 Å². The van der Waals surface area contributed by atoms with Gasteiger partial charge in [-0.05, 0) is 97.9 Å². The Kier molecular flexibility index (Phi) is 13.6. The minimum absolute atomic E-state index is 0.300. The number of aliphatic imine (C=N–C) groups is 2. The van der Waals surface area contributed by atoms with Crippen molar-refractivity contribution in [1.82, 2.24) is 0 Å². The van der Waals surface area contributed by atoms with Crippen LogP contribution in [0.4, 0.5) is 11.4 Å². The monoisotopic (exact) mass is 570 g/mol. The average Bonchev–Trinajstić information content (AvgIpc) is 3.01. The van der Waals surface area contributed by atoms with Gasteiger partial charge in [0.05, 0.1) is 18.5 Å². The number of aromatic hydroxyl groups is 2. The van der Waals surface area contributed by atoms with E-state index in [1.54, 1.807) is 19.5 Å². The van der Waals surface area contributed by atoms with Gasteiger partial charge >= 0.3 is 0 Å². The van der Waals surface area contributed by atoms with Crippen LogP contribution >= 0.6 is 0 Å². The second kappa shape index (κ2) is 17.4. The fraction of sp³-hybridized carbons (Fsp3) is 0.459. The highest BCUT2D eigenvalue weighted by molar-refractivity contribution is 5.90. The Hall–Kier alpha value is -3.60. The Morgan fingerprint density at radius 1 is 0.595 bits per heavy atom. The van der Waals surface area contributed by atoms with E-state index in [0.717, 1.165) is 93.7 Å². The lowest BCUT2D eigenvalue weighted by Crippen LogP contribution is -1.96. The van der Waals surface area contributed by atoms with E-state index in [1.807, 2.05) is 30.3 Å². The Morgan fingerprint density at radius 2 is 1.05 bits per heavy atom. The van der Waals surface area contributed by atoms with E-state index in [4.69, 9.17) is 14.7 Å². The van der Waals surface area contributed by atoms with Crippen LogP contribution in [0.15, 0.2) is 52.4 Å². The van der Waals surface area contributed by atoms with Crippen molar-refractivity contribution in [3.05, 3.63) is 75.8 Å². The first kappa shape index (κ1) is 32.9. The smallest absolute Gasteiger partial charge is 0.127 e. The molecule has 3 aromatic rings. The third-order valence-electron chi connectivity index (χ3n) is 7.66. The van der Waals surface area contributed by atoms with Gasteiger partial charge in [-0.25, -0.2) is 0 Å².